The average Bonchev–Trinajstić information content (AvgIpc) is 2.29. The van der Waals surface area contributed by atoms with Gasteiger partial charge in [-0.25, -0.2) is 4.79 Å². The molecule has 0 N–H and O–H groups in total. The highest BCUT2D eigenvalue weighted by molar-refractivity contribution is 6.38. The molecule has 1 heterocycles. The van der Waals surface area contributed by atoms with Crippen LogP contribution in [-0.2, 0) is 4.74 Å². The number of aromatic nitrogens is 1. The van der Waals surface area contributed by atoms with Crippen LogP contribution in [0.5, 0.6) is 0 Å². The molecule has 16 heavy (non-hydrogen) atoms. The van der Waals surface area contributed by atoms with Gasteiger partial charge in [0.1, 0.15) is 0 Å². The third-order valence-corrected chi connectivity index (χ3v) is 2.77. The van der Waals surface area contributed by atoms with Crippen LogP contribution in [0.2, 0.25) is 5.02 Å². The van der Waals surface area contributed by atoms with E-state index in [4.69, 9.17) is 11.6 Å². The minimum absolute atomic E-state index is 0.294. The Bertz CT molecular complexity index is 566. The molecule has 3 nitrogen and oxygen atoms in total. The third kappa shape index (κ3) is 1.74. The van der Waals surface area contributed by atoms with E-state index in [-0.39, 0.29) is 0 Å². The average molecular weight is 236 g/mol. The van der Waals surface area contributed by atoms with Gasteiger partial charge in [0, 0.05) is 11.6 Å². The summed E-state index contributed by atoms with van der Waals surface area (Å²) in [6, 6.07) is 5.72. The lowest BCUT2D eigenvalue weighted by Gasteiger charge is -2.05. The first kappa shape index (κ1) is 10.9. The molecule has 2 rings (SSSR count). The number of benzene rings is 1. The Morgan fingerprint density at radius 2 is 2.19 bits per heavy atom. The number of hydrogen-bond donors (Lipinski definition) is 0. The van der Waals surface area contributed by atoms with Crippen LogP contribution in [-0.4, -0.2) is 18.1 Å². The number of pyridine rings is 1. The van der Waals surface area contributed by atoms with Crippen molar-refractivity contribution >= 4 is 28.5 Å². The Kier molecular flexibility index (Phi) is 2.79. The van der Waals surface area contributed by atoms with E-state index in [1.54, 1.807) is 0 Å². The highest BCUT2D eigenvalue weighted by Crippen LogP contribution is 2.26. The first-order valence-corrected chi connectivity index (χ1v) is 5.14. The van der Waals surface area contributed by atoms with Gasteiger partial charge in [-0.2, -0.15) is 0 Å². The Morgan fingerprint density at radius 1 is 1.44 bits per heavy atom. The Morgan fingerprint density at radius 3 is 2.88 bits per heavy atom. The monoisotopic (exact) mass is 235 g/mol. The van der Waals surface area contributed by atoms with Crippen LogP contribution in [0.3, 0.4) is 0 Å². The van der Waals surface area contributed by atoms with Gasteiger partial charge < -0.3 is 4.74 Å². The summed E-state index contributed by atoms with van der Waals surface area (Å²) in [6.07, 6.45) is 1.44. The van der Waals surface area contributed by atoms with E-state index in [0.717, 1.165) is 16.5 Å². The van der Waals surface area contributed by atoms with Crippen molar-refractivity contribution in [2.75, 3.05) is 7.11 Å². The van der Waals surface area contributed by atoms with Gasteiger partial charge in [0.2, 0.25) is 0 Å². The van der Waals surface area contributed by atoms with E-state index in [1.165, 1.54) is 13.3 Å². The second kappa shape index (κ2) is 4.10. The first-order chi connectivity index (χ1) is 7.63. The van der Waals surface area contributed by atoms with Crippen molar-refractivity contribution in [3.05, 3.63) is 40.5 Å². The Labute approximate surface area is 98.0 Å². The molecule has 0 aliphatic carbocycles. The fourth-order valence-electron chi connectivity index (χ4n) is 1.53. The molecule has 0 atom stereocenters. The highest BCUT2D eigenvalue weighted by Gasteiger charge is 2.14. The molecule has 0 fully saturated rings. The maximum atomic E-state index is 11.4. The maximum Gasteiger partial charge on any atom is 0.340 e. The van der Waals surface area contributed by atoms with Crippen LogP contribution in [0, 0.1) is 6.92 Å². The largest absolute Gasteiger partial charge is 0.465 e. The van der Waals surface area contributed by atoms with Crippen molar-refractivity contribution in [2.24, 2.45) is 0 Å². The number of esters is 1. The molecule has 0 unspecified atom stereocenters. The summed E-state index contributed by atoms with van der Waals surface area (Å²) in [5.74, 6) is -0.471. The minimum Gasteiger partial charge on any atom is -0.465 e. The number of carbonyl (C=O) groups is 1. The number of nitrogens with zero attached hydrogens (tertiary/aromatic N) is 1. The second-order valence-electron chi connectivity index (χ2n) is 3.50. The molecule has 0 saturated heterocycles. The van der Waals surface area contributed by atoms with Crippen LogP contribution < -0.4 is 0 Å². The number of ether oxygens (including phenoxy) is 1. The fraction of sp³-hybridized carbons (Fsp3) is 0.167. The van der Waals surface area contributed by atoms with Crippen molar-refractivity contribution in [3.8, 4) is 0 Å². The topological polar surface area (TPSA) is 39.2 Å². The number of methoxy groups -OCH3 is 1. The maximum absolute atomic E-state index is 11.4. The van der Waals surface area contributed by atoms with E-state index >= 15 is 0 Å². The number of carbonyl (C=O) groups excluding carboxylic acids is 1. The summed E-state index contributed by atoms with van der Waals surface area (Å²) in [7, 11) is 1.32. The number of aryl methyl sites for hydroxylation is 1. The predicted molar refractivity (Wildman–Crippen MR) is 62.8 cm³/mol. The van der Waals surface area contributed by atoms with Gasteiger partial charge in [-0.15, -0.1) is 0 Å². The van der Waals surface area contributed by atoms with E-state index in [1.807, 2.05) is 25.1 Å². The third-order valence-electron chi connectivity index (χ3n) is 2.36. The second-order valence-corrected chi connectivity index (χ2v) is 3.88. The summed E-state index contributed by atoms with van der Waals surface area (Å²) in [5.41, 5.74) is 2.13. The SMILES string of the molecule is COC(=O)c1cnc2ccc(C)cc2c1Cl. The summed E-state index contributed by atoms with van der Waals surface area (Å²) in [4.78, 5) is 15.6. The zero-order valence-electron chi connectivity index (χ0n) is 8.95. The van der Waals surface area contributed by atoms with Crippen molar-refractivity contribution in [2.45, 2.75) is 6.92 Å². The van der Waals surface area contributed by atoms with Crippen LogP contribution >= 0.6 is 11.6 Å². The molecule has 0 aliphatic rings. The van der Waals surface area contributed by atoms with Gasteiger partial charge in [0.15, 0.2) is 0 Å². The van der Waals surface area contributed by atoms with Gasteiger partial charge in [-0.1, -0.05) is 23.2 Å². The van der Waals surface area contributed by atoms with Crippen LogP contribution in [0.15, 0.2) is 24.4 Å². The molecule has 0 amide bonds. The van der Waals surface area contributed by atoms with Gasteiger partial charge >= 0.3 is 5.97 Å². The first-order valence-electron chi connectivity index (χ1n) is 4.76. The summed E-state index contributed by atoms with van der Waals surface area (Å²) in [5, 5.41) is 1.16. The lowest BCUT2D eigenvalue weighted by molar-refractivity contribution is 0.0600. The molecule has 82 valence electrons. The van der Waals surface area contributed by atoms with E-state index < -0.39 is 5.97 Å². The van der Waals surface area contributed by atoms with E-state index in [2.05, 4.69) is 9.72 Å². The zero-order valence-corrected chi connectivity index (χ0v) is 9.71. The van der Waals surface area contributed by atoms with Gasteiger partial charge in [0.25, 0.3) is 0 Å². The Balaban J connectivity index is 2.72. The molecule has 0 saturated carbocycles. The van der Waals surface area contributed by atoms with Crippen LogP contribution in [0.25, 0.3) is 10.9 Å². The lowest BCUT2D eigenvalue weighted by Crippen LogP contribution is -2.03. The van der Waals surface area contributed by atoms with E-state index in [9.17, 15) is 4.79 Å². The van der Waals surface area contributed by atoms with E-state index in [0.29, 0.717) is 10.6 Å². The van der Waals surface area contributed by atoms with Crippen LogP contribution in [0.4, 0.5) is 0 Å². The number of rotatable bonds is 1. The molecule has 2 aromatic rings. The number of hydrogen-bond acceptors (Lipinski definition) is 3. The summed E-state index contributed by atoms with van der Waals surface area (Å²) < 4.78 is 4.63. The molecular formula is C12H10ClNO2. The lowest BCUT2D eigenvalue weighted by atomic mass is 10.1. The van der Waals surface area contributed by atoms with Gasteiger partial charge in [-0.05, 0) is 19.1 Å². The number of fused-ring (bicyclic) bond motifs is 1. The molecule has 4 heteroatoms. The van der Waals surface area contributed by atoms with Crippen LogP contribution in [0.1, 0.15) is 15.9 Å². The molecule has 1 aromatic carbocycles. The molecule has 1 aromatic heterocycles. The predicted octanol–water partition coefficient (Wildman–Crippen LogP) is 2.98. The summed E-state index contributed by atoms with van der Waals surface area (Å²) >= 11 is 6.15. The smallest absolute Gasteiger partial charge is 0.340 e. The fourth-order valence-corrected chi connectivity index (χ4v) is 1.80. The van der Waals surface area contributed by atoms with Crippen molar-refractivity contribution in [3.63, 3.8) is 0 Å². The molecule has 0 aliphatic heterocycles. The zero-order chi connectivity index (χ0) is 11.7. The quantitative estimate of drug-likeness (QED) is 0.714. The molecular weight excluding hydrogens is 226 g/mol. The Hall–Kier alpha value is -1.61. The van der Waals surface area contributed by atoms with Crippen molar-refractivity contribution in [1.29, 1.82) is 0 Å². The minimum atomic E-state index is -0.471. The molecule has 0 radical (unpaired) electrons. The molecule has 0 spiro atoms. The van der Waals surface area contributed by atoms with Gasteiger partial charge in [0.05, 0.1) is 23.2 Å². The standard InChI is InChI=1S/C12H10ClNO2/c1-7-3-4-10-8(5-7)11(13)9(6-14-10)12(15)16-2/h3-6H,1-2H3. The van der Waals surface area contributed by atoms with Crippen molar-refractivity contribution < 1.29 is 9.53 Å². The highest BCUT2D eigenvalue weighted by atomic mass is 35.5. The molecule has 0 bridgehead atoms. The summed E-state index contributed by atoms with van der Waals surface area (Å²) in [6.45, 7) is 1.96. The van der Waals surface area contributed by atoms with Crippen molar-refractivity contribution in [1.82, 2.24) is 4.98 Å². The number of halogens is 1. The normalized spacial score (nSPS) is 10.4. The van der Waals surface area contributed by atoms with Gasteiger partial charge in [-0.3, -0.25) is 4.98 Å².